The lowest BCUT2D eigenvalue weighted by Gasteiger charge is -2.18. The maximum Gasteiger partial charge on any atom is 0.158 e. The highest BCUT2D eigenvalue weighted by Gasteiger charge is 2.21. The minimum Gasteiger partial charge on any atom is -0.488 e. The Morgan fingerprint density at radius 3 is 2.70 bits per heavy atom. The van der Waals surface area contributed by atoms with Gasteiger partial charge in [0.15, 0.2) is 6.29 Å². The van der Waals surface area contributed by atoms with Crippen molar-refractivity contribution in [1.29, 1.82) is 0 Å². The molecule has 0 spiro atoms. The van der Waals surface area contributed by atoms with Gasteiger partial charge in [-0.15, -0.1) is 0 Å². The molecule has 0 aliphatic carbocycles. The normalized spacial score (nSPS) is 17.2. The van der Waals surface area contributed by atoms with Gasteiger partial charge in [-0.05, 0) is 25.5 Å². The summed E-state index contributed by atoms with van der Waals surface area (Å²) in [6, 6.07) is 8.25. The third-order valence-electron chi connectivity index (χ3n) is 3.35. The molecule has 2 rings (SSSR count). The number of benzene rings is 1. The molecule has 1 aromatic carbocycles. The van der Waals surface area contributed by atoms with Gasteiger partial charge in [0.25, 0.3) is 0 Å². The molecule has 1 aliphatic heterocycles. The largest absolute Gasteiger partial charge is 0.488 e. The van der Waals surface area contributed by atoms with Crippen molar-refractivity contribution in [3.8, 4) is 5.75 Å². The molecular weight excluding hydrogens is 254 g/mol. The van der Waals surface area contributed by atoms with Gasteiger partial charge in [0.1, 0.15) is 11.9 Å². The van der Waals surface area contributed by atoms with Crippen LogP contribution in [0, 0.1) is 0 Å². The molecule has 1 heterocycles. The van der Waals surface area contributed by atoms with Crippen molar-refractivity contribution in [2.45, 2.75) is 39.1 Å². The summed E-state index contributed by atoms with van der Waals surface area (Å²) < 4.78 is 16.9. The molecule has 0 saturated carbocycles. The monoisotopic (exact) mass is 279 g/mol. The van der Waals surface area contributed by atoms with E-state index in [1.54, 1.807) is 0 Å². The fraction of sp³-hybridized carbons (Fsp3) is 0.625. The number of ether oxygens (including phenoxy) is 3. The van der Waals surface area contributed by atoms with E-state index in [2.05, 4.69) is 17.4 Å². The third kappa shape index (κ3) is 4.47. The Morgan fingerprint density at radius 1 is 1.25 bits per heavy atom. The summed E-state index contributed by atoms with van der Waals surface area (Å²) in [7, 11) is 0. The van der Waals surface area contributed by atoms with Crippen LogP contribution in [0.15, 0.2) is 24.3 Å². The van der Waals surface area contributed by atoms with Crippen LogP contribution in [-0.2, 0) is 15.9 Å². The fourth-order valence-corrected chi connectivity index (χ4v) is 2.44. The number of para-hydroxylation sites is 1. The van der Waals surface area contributed by atoms with Crippen molar-refractivity contribution < 1.29 is 14.2 Å². The van der Waals surface area contributed by atoms with Crippen LogP contribution in [-0.4, -0.2) is 38.7 Å². The SMILES string of the molecule is CCOC(CCNCC1Cc2ccccc2O1)OCC. The molecule has 1 N–H and O–H groups in total. The lowest BCUT2D eigenvalue weighted by molar-refractivity contribution is -0.138. The molecule has 0 amide bonds. The van der Waals surface area contributed by atoms with E-state index < -0.39 is 0 Å². The van der Waals surface area contributed by atoms with Gasteiger partial charge in [0.2, 0.25) is 0 Å². The highest BCUT2D eigenvalue weighted by Crippen LogP contribution is 2.27. The van der Waals surface area contributed by atoms with E-state index >= 15 is 0 Å². The lowest BCUT2D eigenvalue weighted by Crippen LogP contribution is -2.32. The second-order valence-corrected chi connectivity index (χ2v) is 4.88. The molecule has 0 aromatic heterocycles. The Balaban J connectivity index is 1.62. The molecule has 0 saturated heterocycles. The average molecular weight is 279 g/mol. The predicted octanol–water partition coefficient (Wildman–Crippen LogP) is 2.37. The molecule has 112 valence electrons. The molecule has 1 aromatic rings. The van der Waals surface area contributed by atoms with Crippen LogP contribution in [0.3, 0.4) is 0 Å². The lowest BCUT2D eigenvalue weighted by atomic mass is 10.1. The molecule has 0 bridgehead atoms. The van der Waals surface area contributed by atoms with Crippen LogP contribution in [0.5, 0.6) is 5.75 Å². The summed E-state index contributed by atoms with van der Waals surface area (Å²) >= 11 is 0. The smallest absolute Gasteiger partial charge is 0.158 e. The molecule has 1 aliphatic rings. The van der Waals surface area contributed by atoms with Crippen LogP contribution in [0.2, 0.25) is 0 Å². The van der Waals surface area contributed by atoms with E-state index in [1.165, 1.54) is 5.56 Å². The van der Waals surface area contributed by atoms with Crippen molar-refractivity contribution in [3.63, 3.8) is 0 Å². The molecule has 4 heteroatoms. The van der Waals surface area contributed by atoms with Crippen LogP contribution in [0.1, 0.15) is 25.8 Å². The number of rotatable bonds is 9. The first kappa shape index (κ1) is 15.3. The van der Waals surface area contributed by atoms with E-state index in [4.69, 9.17) is 14.2 Å². The molecule has 1 unspecified atom stereocenters. The van der Waals surface area contributed by atoms with E-state index in [0.717, 1.165) is 31.7 Å². The minimum atomic E-state index is -0.0980. The summed E-state index contributed by atoms with van der Waals surface area (Å²) in [6.45, 7) is 7.09. The first-order valence-corrected chi connectivity index (χ1v) is 7.52. The quantitative estimate of drug-likeness (QED) is 0.556. The Bertz CT molecular complexity index is 366. The number of hydrogen-bond donors (Lipinski definition) is 1. The standard InChI is InChI=1S/C16H25NO3/c1-3-18-16(19-4-2)9-10-17-12-14-11-13-7-5-6-8-15(13)20-14/h5-8,14,16-17H,3-4,9-12H2,1-2H3. The van der Waals surface area contributed by atoms with E-state index in [0.29, 0.717) is 13.2 Å². The zero-order chi connectivity index (χ0) is 14.2. The Kier molecular flexibility index (Phi) is 6.30. The Morgan fingerprint density at radius 2 is 2.00 bits per heavy atom. The highest BCUT2D eigenvalue weighted by molar-refractivity contribution is 5.37. The molecule has 1 atom stereocenters. The van der Waals surface area contributed by atoms with E-state index in [1.807, 2.05) is 26.0 Å². The first-order chi connectivity index (χ1) is 9.83. The summed E-state index contributed by atoms with van der Waals surface area (Å²) in [5.41, 5.74) is 1.31. The van der Waals surface area contributed by atoms with Gasteiger partial charge in [-0.1, -0.05) is 18.2 Å². The van der Waals surface area contributed by atoms with Gasteiger partial charge in [-0.3, -0.25) is 0 Å². The molecule has 4 nitrogen and oxygen atoms in total. The Labute approximate surface area is 121 Å². The Hall–Kier alpha value is -1.10. The van der Waals surface area contributed by atoms with Crippen LogP contribution in [0.25, 0.3) is 0 Å². The summed E-state index contributed by atoms with van der Waals surface area (Å²) in [5.74, 6) is 1.03. The average Bonchev–Trinajstić information content (AvgIpc) is 2.86. The van der Waals surface area contributed by atoms with Crippen molar-refractivity contribution >= 4 is 0 Å². The summed E-state index contributed by atoms with van der Waals surface area (Å²) in [5, 5.41) is 3.42. The topological polar surface area (TPSA) is 39.7 Å². The first-order valence-electron chi connectivity index (χ1n) is 7.52. The zero-order valence-corrected chi connectivity index (χ0v) is 12.4. The second kappa shape index (κ2) is 8.25. The second-order valence-electron chi connectivity index (χ2n) is 4.88. The van der Waals surface area contributed by atoms with Crippen molar-refractivity contribution in [1.82, 2.24) is 5.32 Å². The molecule has 0 radical (unpaired) electrons. The predicted molar refractivity (Wildman–Crippen MR) is 79.1 cm³/mol. The number of nitrogens with one attached hydrogen (secondary N) is 1. The summed E-state index contributed by atoms with van der Waals surface area (Å²) in [4.78, 5) is 0. The maximum atomic E-state index is 5.88. The van der Waals surface area contributed by atoms with Crippen LogP contribution >= 0.6 is 0 Å². The van der Waals surface area contributed by atoms with Gasteiger partial charge >= 0.3 is 0 Å². The number of fused-ring (bicyclic) bond motifs is 1. The van der Waals surface area contributed by atoms with Gasteiger partial charge in [0, 0.05) is 39.1 Å². The van der Waals surface area contributed by atoms with Gasteiger partial charge in [-0.25, -0.2) is 0 Å². The third-order valence-corrected chi connectivity index (χ3v) is 3.35. The van der Waals surface area contributed by atoms with Crippen LogP contribution < -0.4 is 10.1 Å². The van der Waals surface area contributed by atoms with Crippen molar-refractivity contribution in [2.75, 3.05) is 26.3 Å². The molecular formula is C16H25NO3. The highest BCUT2D eigenvalue weighted by atomic mass is 16.7. The minimum absolute atomic E-state index is 0.0980. The van der Waals surface area contributed by atoms with Crippen molar-refractivity contribution in [2.24, 2.45) is 0 Å². The maximum absolute atomic E-state index is 5.88. The van der Waals surface area contributed by atoms with E-state index in [9.17, 15) is 0 Å². The zero-order valence-electron chi connectivity index (χ0n) is 12.4. The van der Waals surface area contributed by atoms with Gasteiger partial charge < -0.3 is 19.5 Å². The summed E-state index contributed by atoms with van der Waals surface area (Å²) in [6.07, 6.45) is 1.99. The van der Waals surface area contributed by atoms with Crippen LogP contribution in [0.4, 0.5) is 0 Å². The molecule has 20 heavy (non-hydrogen) atoms. The van der Waals surface area contributed by atoms with E-state index in [-0.39, 0.29) is 12.4 Å². The van der Waals surface area contributed by atoms with Gasteiger partial charge in [-0.2, -0.15) is 0 Å². The van der Waals surface area contributed by atoms with Gasteiger partial charge in [0.05, 0.1) is 0 Å². The number of hydrogen-bond acceptors (Lipinski definition) is 4. The molecule has 0 fully saturated rings. The fourth-order valence-electron chi connectivity index (χ4n) is 2.44. The van der Waals surface area contributed by atoms with Crippen molar-refractivity contribution in [3.05, 3.63) is 29.8 Å².